The van der Waals surface area contributed by atoms with Crippen LogP contribution in [0.15, 0.2) is 12.4 Å². The standard InChI is InChI=1S/C8H16N4S/c1-12-5-4-10-8(12)7(11-9)3-6-13-2/h4-5,7,11H,3,6,9H2,1-2H3. The van der Waals surface area contributed by atoms with Gasteiger partial charge in [0.25, 0.3) is 0 Å². The Kier molecular flexibility index (Phi) is 4.27. The van der Waals surface area contributed by atoms with Crippen LogP contribution in [0.3, 0.4) is 0 Å². The van der Waals surface area contributed by atoms with E-state index in [1.54, 1.807) is 6.20 Å². The second-order valence-electron chi connectivity index (χ2n) is 2.90. The fraction of sp³-hybridized carbons (Fsp3) is 0.625. The van der Waals surface area contributed by atoms with Crippen LogP contribution in [0.25, 0.3) is 0 Å². The van der Waals surface area contributed by atoms with Gasteiger partial charge in [-0.15, -0.1) is 0 Å². The van der Waals surface area contributed by atoms with Crippen LogP contribution in [0, 0.1) is 0 Å². The van der Waals surface area contributed by atoms with E-state index in [1.165, 1.54) is 0 Å². The molecular weight excluding hydrogens is 184 g/mol. The first-order valence-electron chi connectivity index (χ1n) is 4.22. The van der Waals surface area contributed by atoms with Crippen molar-refractivity contribution in [2.45, 2.75) is 12.5 Å². The molecule has 0 amide bonds. The van der Waals surface area contributed by atoms with E-state index in [-0.39, 0.29) is 6.04 Å². The average molecular weight is 200 g/mol. The SMILES string of the molecule is CSCCC(NN)c1nccn1C. The third kappa shape index (κ3) is 2.72. The molecule has 0 saturated carbocycles. The molecule has 0 aliphatic rings. The van der Waals surface area contributed by atoms with Gasteiger partial charge in [0.15, 0.2) is 0 Å². The Balaban J connectivity index is 2.61. The fourth-order valence-corrected chi connectivity index (χ4v) is 1.71. The Bertz CT molecular complexity index is 248. The Morgan fingerprint density at radius 1 is 1.77 bits per heavy atom. The molecule has 0 aromatic carbocycles. The monoisotopic (exact) mass is 200 g/mol. The predicted octanol–water partition coefficient (Wildman–Crippen LogP) is 0.678. The van der Waals surface area contributed by atoms with E-state index in [2.05, 4.69) is 16.7 Å². The lowest BCUT2D eigenvalue weighted by Crippen LogP contribution is -2.30. The highest BCUT2D eigenvalue weighted by molar-refractivity contribution is 7.98. The van der Waals surface area contributed by atoms with Gasteiger partial charge in [-0.1, -0.05) is 0 Å². The molecule has 0 aliphatic heterocycles. The Morgan fingerprint density at radius 2 is 2.54 bits per heavy atom. The van der Waals surface area contributed by atoms with Gasteiger partial charge in [-0.3, -0.25) is 5.84 Å². The molecule has 4 nitrogen and oxygen atoms in total. The lowest BCUT2D eigenvalue weighted by atomic mass is 10.2. The quantitative estimate of drug-likeness (QED) is 0.542. The third-order valence-corrected chi connectivity index (χ3v) is 2.63. The van der Waals surface area contributed by atoms with Gasteiger partial charge in [-0.25, -0.2) is 10.4 Å². The van der Waals surface area contributed by atoms with Crippen molar-refractivity contribution in [1.82, 2.24) is 15.0 Å². The van der Waals surface area contributed by atoms with Crippen LogP contribution in [-0.2, 0) is 7.05 Å². The molecule has 1 atom stereocenters. The highest BCUT2D eigenvalue weighted by Gasteiger charge is 2.12. The van der Waals surface area contributed by atoms with Crippen molar-refractivity contribution in [3.05, 3.63) is 18.2 Å². The zero-order valence-corrected chi connectivity index (χ0v) is 8.84. The number of rotatable bonds is 5. The number of hydrogen-bond acceptors (Lipinski definition) is 4. The maximum absolute atomic E-state index is 5.46. The second kappa shape index (κ2) is 5.26. The third-order valence-electron chi connectivity index (χ3n) is 1.98. The highest BCUT2D eigenvalue weighted by Crippen LogP contribution is 2.14. The summed E-state index contributed by atoms with van der Waals surface area (Å²) in [6.45, 7) is 0. The van der Waals surface area contributed by atoms with Crippen molar-refractivity contribution in [2.24, 2.45) is 12.9 Å². The molecule has 0 spiro atoms. The molecule has 1 unspecified atom stereocenters. The van der Waals surface area contributed by atoms with E-state index in [0.717, 1.165) is 18.0 Å². The topological polar surface area (TPSA) is 55.9 Å². The van der Waals surface area contributed by atoms with E-state index in [0.29, 0.717) is 0 Å². The molecule has 1 heterocycles. The number of thioether (sulfide) groups is 1. The molecule has 0 bridgehead atoms. The van der Waals surface area contributed by atoms with Crippen molar-refractivity contribution in [3.8, 4) is 0 Å². The van der Waals surface area contributed by atoms with Gasteiger partial charge < -0.3 is 4.57 Å². The molecule has 0 radical (unpaired) electrons. The van der Waals surface area contributed by atoms with Gasteiger partial charge >= 0.3 is 0 Å². The summed E-state index contributed by atoms with van der Waals surface area (Å²) in [5, 5.41) is 0. The van der Waals surface area contributed by atoms with E-state index >= 15 is 0 Å². The van der Waals surface area contributed by atoms with E-state index in [1.807, 2.05) is 29.6 Å². The van der Waals surface area contributed by atoms with Crippen molar-refractivity contribution in [3.63, 3.8) is 0 Å². The molecule has 3 N–H and O–H groups in total. The predicted molar refractivity (Wildman–Crippen MR) is 56.3 cm³/mol. The van der Waals surface area contributed by atoms with Gasteiger partial charge in [0.2, 0.25) is 0 Å². The number of aryl methyl sites for hydroxylation is 1. The Morgan fingerprint density at radius 3 is 3.00 bits per heavy atom. The fourth-order valence-electron chi connectivity index (χ4n) is 1.24. The number of nitrogens with one attached hydrogen (secondary N) is 1. The van der Waals surface area contributed by atoms with Crippen molar-refractivity contribution >= 4 is 11.8 Å². The lowest BCUT2D eigenvalue weighted by Gasteiger charge is -2.14. The van der Waals surface area contributed by atoms with Crippen LogP contribution in [0.4, 0.5) is 0 Å². The molecule has 74 valence electrons. The van der Waals surface area contributed by atoms with Crippen molar-refractivity contribution < 1.29 is 0 Å². The minimum absolute atomic E-state index is 0.160. The number of nitrogens with two attached hydrogens (primary N) is 1. The molecule has 1 aromatic rings. The zero-order valence-electron chi connectivity index (χ0n) is 8.03. The molecule has 1 rings (SSSR count). The van der Waals surface area contributed by atoms with Crippen LogP contribution >= 0.6 is 11.8 Å². The van der Waals surface area contributed by atoms with Gasteiger partial charge in [0.05, 0.1) is 6.04 Å². The largest absolute Gasteiger partial charge is 0.337 e. The normalized spacial score (nSPS) is 13.2. The summed E-state index contributed by atoms with van der Waals surface area (Å²) in [4.78, 5) is 4.25. The first-order chi connectivity index (χ1) is 6.29. The summed E-state index contributed by atoms with van der Waals surface area (Å²) in [7, 11) is 1.98. The maximum atomic E-state index is 5.46. The number of hydrazine groups is 1. The minimum Gasteiger partial charge on any atom is -0.337 e. The first-order valence-corrected chi connectivity index (χ1v) is 5.61. The number of imidazole rings is 1. The van der Waals surface area contributed by atoms with Gasteiger partial charge in [0.1, 0.15) is 5.82 Å². The van der Waals surface area contributed by atoms with Gasteiger partial charge in [0, 0.05) is 19.4 Å². The van der Waals surface area contributed by atoms with Crippen LogP contribution in [0.2, 0.25) is 0 Å². The molecule has 1 aromatic heterocycles. The number of hydrogen-bond donors (Lipinski definition) is 2. The van der Waals surface area contributed by atoms with Crippen LogP contribution < -0.4 is 11.3 Å². The molecular formula is C8H16N4S. The van der Waals surface area contributed by atoms with Crippen molar-refractivity contribution in [2.75, 3.05) is 12.0 Å². The minimum atomic E-state index is 0.160. The van der Waals surface area contributed by atoms with Gasteiger partial charge in [-0.05, 0) is 18.4 Å². The summed E-state index contributed by atoms with van der Waals surface area (Å²) < 4.78 is 1.99. The summed E-state index contributed by atoms with van der Waals surface area (Å²) in [5.74, 6) is 7.54. The number of aromatic nitrogens is 2. The molecule has 0 fully saturated rings. The Labute approximate surface area is 82.9 Å². The van der Waals surface area contributed by atoms with E-state index < -0.39 is 0 Å². The average Bonchev–Trinajstić information content (AvgIpc) is 2.54. The first kappa shape index (κ1) is 10.6. The maximum Gasteiger partial charge on any atom is 0.126 e. The zero-order chi connectivity index (χ0) is 9.68. The van der Waals surface area contributed by atoms with E-state index in [4.69, 9.17) is 5.84 Å². The summed E-state index contributed by atoms with van der Waals surface area (Å²) in [6, 6.07) is 0.160. The van der Waals surface area contributed by atoms with Crippen LogP contribution in [-0.4, -0.2) is 21.6 Å². The Hall–Kier alpha value is -0.520. The van der Waals surface area contributed by atoms with Crippen LogP contribution in [0.1, 0.15) is 18.3 Å². The van der Waals surface area contributed by atoms with E-state index in [9.17, 15) is 0 Å². The summed E-state index contributed by atoms with van der Waals surface area (Å²) >= 11 is 1.82. The van der Waals surface area contributed by atoms with Gasteiger partial charge in [-0.2, -0.15) is 11.8 Å². The smallest absolute Gasteiger partial charge is 0.126 e. The van der Waals surface area contributed by atoms with Crippen LogP contribution in [0.5, 0.6) is 0 Å². The summed E-state index contributed by atoms with van der Waals surface area (Å²) in [6.07, 6.45) is 6.81. The molecule has 0 aliphatic carbocycles. The highest BCUT2D eigenvalue weighted by atomic mass is 32.2. The summed E-state index contributed by atoms with van der Waals surface area (Å²) in [5.41, 5.74) is 2.78. The molecule has 13 heavy (non-hydrogen) atoms. The lowest BCUT2D eigenvalue weighted by molar-refractivity contribution is 0.500. The second-order valence-corrected chi connectivity index (χ2v) is 3.88. The van der Waals surface area contributed by atoms with Crippen molar-refractivity contribution in [1.29, 1.82) is 0 Å². The molecule has 5 heteroatoms. The number of nitrogens with zero attached hydrogens (tertiary/aromatic N) is 2. The molecule has 0 saturated heterocycles.